The summed E-state index contributed by atoms with van der Waals surface area (Å²) in [6.07, 6.45) is 0. The summed E-state index contributed by atoms with van der Waals surface area (Å²) >= 11 is 3.42. The van der Waals surface area contributed by atoms with Crippen LogP contribution < -0.4 is 0 Å². The minimum atomic E-state index is -0.396. The van der Waals surface area contributed by atoms with Crippen molar-refractivity contribution in [2.75, 3.05) is 39.3 Å². The lowest BCUT2D eigenvalue weighted by Crippen LogP contribution is -2.46. The highest BCUT2D eigenvalue weighted by molar-refractivity contribution is 9.10. The summed E-state index contributed by atoms with van der Waals surface area (Å²) in [6.45, 7) is 6.25. The van der Waals surface area contributed by atoms with Crippen LogP contribution in [0.2, 0.25) is 0 Å². The quantitative estimate of drug-likeness (QED) is 0.411. The number of ether oxygens (including phenoxy) is 1. The number of aromatic nitrogens is 1. The number of esters is 1. The van der Waals surface area contributed by atoms with Gasteiger partial charge < -0.3 is 14.4 Å². The van der Waals surface area contributed by atoms with Crippen LogP contribution in [0.5, 0.6) is 5.75 Å². The highest BCUT2D eigenvalue weighted by Gasteiger charge is 2.28. The van der Waals surface area contributed by atoms with Gasteiger partial charge in [0, 0.05) is 43.8 Å². The van der Waals surface area contributed by atoms with Crippen LogP contribution >= 0.6 is 15.9 Å². The Morgan fingerprint density at radius 1 is 1.16 bits per heavy atom. The molecule has 0 bridgehead atoms. The zero-order valence-electron chi connectivity index (χ0n) is 17.9. The van der Waals surface area contributed by atoms with Crippen molar-refractivity contribution < 1.29 is 14.6 Å². The lowest BCUT2D eigenvalue weighted by molar-refractivity contribution is 0.0525. The highest BCUT2D eigenvalue weighted by Crippen LogP contribution is 2.37. The van der Waals surface area contributed by atoms with Gasteiger partial charge in [0.2, 0.25) is 0 Å². The van der Waals surface area contributed by atoms with E-state index in [-0.39, 0.29) is 12.4 Å². The monoisotopic (exact) mass is 496 g/mol. The first-order valence-corrected chi connectivity index (χ1v) is 11.4. The number of carbonyl (C=O) groups is 1. The number of phenolic OH excluding ortho intramolecular Hbond substituents is 1. The molecule has 1 fully saturated rings. The van der Waals surface area contributed by atoms with E-state index >= 15 is 0 Å². The standard InChI is InChI=1S/C24H25BrN4O3/c1-2-32-24(31)23-18-14-22(30)19(25)15-20(18)29(17-6-4-3-5-7-17)21(23)16-28-12-10-27(9-8-26)11-13-28/h3-7,14-15,30H,2,9-13,16H2,1H3. The molecule has 0 atom stereocenters. The van der Waals surface area contributed by atoms with Crippen molar-refractivity contribution in [2.24, 2.45) is 0 Å². The first-order chi connectivity index (χ1) is 15.5. The van der Waals surface area contributed by atoms with Gasteiger partial charge in [0.25, 0.3) is 0 Å². The maximum absolute atomic E-state index is 13.1. The maximum atomic E-state index is 13.1. The molecule has 0 spiro atoms. The molecule has 2 heterocycles. The first-order valence-electron chi connectivity index (χ1n) is 10.6. The predicted molar refractivity (Wildman–Crippen MR) is 126 cm³/mol. The Kier molecular flexibility index (Phi) is 6.80. The number of rotatable bonds is 6. The van der Waals surface area contributed by atoms with Crippen LogP contribution in [0.15, 0.2) is 46.9 Å². The number of benzene rings is 2. The van der Waals surface area contributed by atoms with Crippen molar-refractivity contribution in [3.63, 3.8) is 0 Å². The number of carbonyl (C=O) groups excluding carboxylic acids is 1. The van der Waals surface area contributed by atoms with Crippen LogP contribution in [0, 0.1) is 11.3 Å². The molecule has 0 aliphatic carbocycles. The largest absolute Gasteiger partial charge is 0.507 e. The number of fused-ring (bicyclic) bond motifs is 1. The summed E-state index contributed by atoms with van der Waals surface area (Å²) in [6, 6.07) is 15.6. The minimum absolute atomic E-state index is 0.0740. The van der Waals surface area contributed by atoms with Gasteiger partial charge in [-0.15, -0.1) is 0 Å². The zero-order chi connectivity index (χ0) is 22.7. The molecule has 0 amide bonds. The van der Waals surface area contributed by atoms with Gasteiger partial charge in [0.15, 0.2) is 0 Å². The molecule has 8 heteroatoms. The molecule has 1 saturated heterocycles. The third kappa shape index (κ3) is 4.37. The smallest absolute Gasteiger partial charge is 0.340 e. The Labute approximate surface area is 195 Å². The van der Waals surface area contributed by atoms with Crippen molar-refractivity contribution in [1.82, 2.24) is 14.4 Å². The number of halogens is 1. The average molecular weight is 497 g/mol. The van der Waals surface area contributed by atoms with E-state index in [1.165, 1.54) is 0 Å². The van der Waals surface area contributed by atoms with Crippen molar-refractivity contribution in [3.8, 4) is 17.5 Å². The fraction of sp³-hybridized carbons (Fsp3) is 0.333. The Morgan fingerprint density at radius 2 is 1.84 bits per heavy atom. The molecule has 3 aromatic rings. The number of nitrogens with zero attached hydrogens (tertiary/aromatic N) is 4. The van der Waals surface area contributed by atoms with Crippen LogP contribution in [0.1, 0.15) is 23.0 Å². The molecular formula is C24H25BrN4O3. The summed E-state index contributed by atoms with van der Waals surface area (Å²) in [7, 11) is 0. The topological polar surface area (TPSA) is 81.7 Å². The summed E-state index contributed by atoms with van der Waals surface area (Å²) in [5.74, 6) is -0.322. The minimum Gasteiger partial charge on any atom is -0.507 e. The van der Waals surface area contributed by atoms with E-state index < -0.39 is 5.97 Å². The SMILES string of the molecule is CCOC(=O)c1c(CN2CCN(CC#N)CC2)n(-c2ccccc2)c2cc(Br)c(O)cc12. The number of hydrogen-bond acceptors (Lipinski definition) is 6. The van der Waals surface area contributed by atoms with Gasteiger partial charge in [-0.3, -0.25) is 9.80 Å². The molecule has 0 unspecified atom stereocenters. The Morgan fingerprint density at radius 3 is 2.50 bits per heavy atom. The molecule has 166 valence electrons. The summed E-state index contributed by atoms with van der Waals surface area (Å²) < 4.78 is 8.06. The van der Waals surface area contributed by atoms with Crippen LogP contribution in [0.4, 0.5) is 0 Å². The fourth-order valence-corrected chi connectivity index (χ4v) is 4.55. The van der Waals surface area contributed by atoms with Crippen molar-refractivity contribution in [2.45, 2.75) is 13.5 Å². The van der Waals surface area contributed by atoms with E-state index in [9.17, 15) is 9.90 Å². The Hall–Kier alpha value is -2.86. The van der Waals surface area contributed by atoms with Gasteiger partial charge in [-0.2, -0.15) is 5.26 Å². The number of piperazine rings is 1. The van der Waals surface area contributed by atoms with Gasteiger partial charge in [0.1, 0.15) is 5.75 Å². The second-order valence-corrected chi connectivity index (χ2v) is 8.60. The second-order valence-electron chi connectivity index (χ2n) is 7.74. The lowest BCUT2D eigenvalue weighted by Gasteiger charge is -2.33. The van der Waals surface area contributed by atoms with Crippen LogP contribution in [0.25, 0.3) is 16.6 Å². The average Bonchev–Trinajstić information content (AvgIpc) is 3.09. The van der Waals surface area contributed by atoms with Crippen LogP contribution in [0.3, 0.4) is 0 Å². The van der Waals surface area contributed by atoms with E-state index in [0.29, 0.717) is 28.5 Å². The van der Waals surface area contributed by atoms with E-state index in [4.69, 9.17) is 10.00 Å². The first kappa shape index (κ1) is 22.3. The number of phenols is 1. The van der Waals surface area contributed by atoms with Gasteiger partial charge in [0.05, 0.1) is 40.5 Å². The molecule has 1 N–H and O–H groups in total. The molecule has 1 aromatic heterocycles. The molecule has 4 rings (SSSR count). The van der Waals surface area contributed by atoms with E-state index in [1.807, 2.05) is 36.4 Å². The predicted octanol–water partition coefficient (Wildman–Crippen LogP) is 3.92. The lowest BCUT2D eigenvalue weighted by atomic mass is 10.1. The molecule has 0 saturated carbocycles. The van der Waals surface area contributed by atoms with Gasteiger partial charge >= 0.3 is 5.97 Å². The molecule has 7 nitrogen and oxygen atoms in total. The number of aromatic hydroxyl groups is 1. The third-order valence-corrected chi connectivity index (χ3v) is 6.40. The van der Waals surface area contributed by atoms with E-state index in [2.05, 4.69) is 36.4 Å². The summed E-state index contributed by atoms with van der Waals surface area (Å²) in [5.41, 5.74) is 3.06. The summed E-state index contributed by atoms with van der Waals surface area (Å²) in [4.78, 5) is 17.5. The molecule has 2 aromatic carbocycles. The van der Waals surface area contributed by atoms with Crippen LogP contribution in [-0.2, 0) is 11.3 Å². The molecule has 32 heavy (non-hydrogen) atoms. The number of nitriles is 1. The highest BCUT2D eigenvalue weighted by atomic mass is 79.9. The Balaban J connectivity index is 1.86. The fourth-order valence-electron chi connectivity index (χ4n) is 4.22. The van der Waals surface area contributed by atoms with E-state index in [0.717, 1.165) is 43.1 Å². The third-order valence-electron chi connectivity index (χ3n) is 5.76. The van der Waals surface area contributed by atoms with Gasteiger partial charge in [-0.25, -0.2) is 4.79 Å². The molecule has 1 aliphatic rings. The van der Waals surface area contributed by atoms with E-state index in [1.54, 1.807) is 13.0 Å². The number of hydrogen-bond donors (Lipinski definition) is 1. The van der Waals surface area contributed by atoms with Gasteiger partial charge in [-0.1, -0.05) is 18.2 Å². The maximum Gasteiger partial charge on any atom is 0.340 e. The molecular weight excluding hydrogens is 472 g/mol. The summed E-state index contributed by atoms with van der Waals surface area (Å²) in [5, 5.41) is 20.0. The van der Waals surface area contributed by atoms with Crippen molar-refractivity contribution in [3.05, 3.63) is 58.2 Å². The van der Waals surface area contributed by atoms with Crippen molar-refractivity contribution >= 4 is 32.8 Å². The number of para-hydroxylation sites is 1. The van der Waals surface area contributed by atoms with Crippen molar-refractivity contribution in [1.29, 1.82) is 5.26 Å². The van der Waals surface area contributed by atoms with Crippen LogP contribution in [-0.4, -0.2) is 64.8 Å². The Bertz CT molecular complexity index is 1160. The normalized spacial score (nSPS) is 15.0. The zero-order valence-corrected chi connectivity index (χ0v) is 19.5. The molecule has 1 aliphatic heterocycles. The second kappa shape index (κ2) is 9.74. The molecule has 0 radical (unpaired) electrons. The van der Waals surface area contributed by atoms with Gasteiger partial charge in [-0.05, 0) is 47.1 Å².